The molecule has 0 aromatic carbocycles. The van der Waals surface area contributed by atoms with E-state index < -0.39 is 18.2 Å². The number of carbonyl (C=O) groups excluding carboxylic acids is 2. The van der Waals surface area contributed by atoms with Gasteiger partial charge in [-0.25, -0.2) is 0 Å². The van der Waals surface area contributed by atoms with Crippen molar-refractivity contribution in [3.8, 4) is 0 Å². The van der Waals surface area contributed by atoms with Crippen LogP contribution in [0.3, 0.4) is 0 Å². The van der Waals surface area contributed by atoms with E-state index in [1.807, 2.05) is 54.7 Å². The minimum atomic E-state index is -0.823. The van der Waals surface area contributed by atoms with Crippen LogP contribution in [0.15, 0.2) is 85.1 Å². The minimum Gasteiger partial charge on any atom is -0.461 e. The molecule has 64 heavy (non-hydrogen) atoms. The summed E-state index contributed by atoms with van der Waals surface area (Å²) >= 11 is 0. The fourth-order valence-electron chi connectivity index (χ4n) is 7.78. The van der Waals surface area contributed by atoms with E-state index in [-0.39, 0.29) is 24.9 Å². The molecule has 0 bridgehead atoms. The van der Waals surface area contributed by atoms with Gasteiger partial charge in [0.2, 0.25) is 5.91 Å². The molecular weight excluding hydrogens is 791 g/mol. The largest absolute Gasteiger partial charge is 0.461 e. The Morgan fingerprint density at radius 1 is 0.500 bits per heavy atom. The molecule has 6 nitrogen and oxygen atoms in total. The van der Waals surface area contributed by atoms with Gasteiger partial charge < -0.3 is 20.3 Å². The summed E-state index contributed by atoms with van der Waals surface area (Å²) in [6.07, 6.45) is 66.7. The average molecular weight is 892 g/mol. The predicted octanol–water partition coefficient (Wildman–Crippen LogP) is 16.3. The highest BCUT2D eigenvalue weighted by Crippen LogP contribution is 2.17. The maximum Gasteiger partial charge on any atom is 0.306 e. The zero-order chi connectivity index (χ0) is 46.7. The van der Waals surface area contributed by atoms with Gasteiger partial charge in [-0.3, -0.25) is 9.59 Å². The van der Waals surface area contributed by atoms with Gasteiger partial charge in [-0.15, -0.1) is 0 Å². The Balaban J connectivity index is 4.58. The molecule has 0 fully saturated rings. The normalized spacial score (nSPS) is 13.9. The number of aliphatic hydroxyl groups excluding tert-OH is 2. The van der Waals surface area contributed by atoms with Crippen LogP contribution in [0.2, 0.25) is 0 Å². The second-order valence-electron chi connectivity index (χ2n) is 18.0. The van der Waals surface area contributed by atoms with Crippen molar-refractivity contribution >= 4 is 11.9 Å². The second kappa shape index (κ2) is 51.0. The zero-order valence-electron chi connectivity index (χ0n) is 41.9. The van der Waals surface area contributed by atoms with Crippen LogP contribution in [0.5, 0.6) is 0 Å². The first-order valence-electron chi connectivity index (χ1n) is 26.9. The molecule has 0 saturated carbocycles. The number of esters is 1. The smallest absolute Gasteiger partial charge is 0.306 e. The van der Waals surface area contributed by atoms with Crippen molar-refractivity contribution in [2.24, 2.45) is 0 Å². The third-order valence-corrected chi connectivity index (χ3v) is 11.8. The number of allylic oxidation sites excluding steroid dienone is 13. The second-order valence-corrected chi connectivity index (χ2v) is 18.0. The highest BCUT2D eigenvalue weighted by atomic mass is 16.5. The number of hydrogen-bond donors (Lipinski definition) is 3. The van der Waals surface area contributed by atoms with Gasteiger partial charge in [0.05, 0.1) is 25.2 Å². The van der Waals surface area contributed by atoms with Crippen molar-refractivity contribution in [2.75, 3.05) is 6.61 Å². The van der Waals surface area contributed by atoms with E-state index in [4.69, 9.17) is 4.74 Å². The van der Waals surface area contributed by atoms with Crippen LogP contribution in [-0.4, -0.2) is 46.9 Å². The standard InChI is InChI=1S/C58H101NO5/c1-4-7-10-13-16-19-22-24-26-28-30-32-35-38-41-44-47-50-56(61)55(53-60)59-57(62)52-54(49-46-43-40-37-34-21-18-15-12-9-6-3)64-58(63)51-48-45-42-39-36-33-31-29-27-25-23-20-17-14-11-8-5-2/h9,12,15,17-18,20-21,25,27,34,37,40,43,46,54-56,60-61H,4-8,10-11,13-14,16,19,22-24,26,28-33,35-36,38-39,41-42,44-45,47-53H2,1-3H3,(H,59,62)/b12-9+,18-15+,20-17-,27-25-,34-21-,40-37-,46-43+. The number of unbranched alkanes of at least 4 members (excludes halogenated alkanes) is 26. The van der Waals surface area contributed by atoms with Gasteiger partial charge in [0, 0.05) is 12.8 Å². The summed E-state index contributed by atoms with van der Waals surface area (Å²) in [4.78, 5) is 26.1. The number of hydrogen-bond acceptors (Lipinski definition) is 5. The molecule has 0 aromatic rings. The average Bonchev–Trinajstić information content (AvgIpc) is 3.29. The molecule has 3 N–H and O–H groups in total. The lowest BCUT2D eigenvalue weighted by molar-refractivity contribution is -0.150. The van der Waals surface area contributed by atoms with E-state index in [0.717, 1.165) is 57.8 Å². The molecule has 3 unspecified atom stereocenters. The van der Waals surface area contributed by atoms with E-state index in [1.54, 1.807) is 0 Å². The summed E-state index contributed by atoms with van der Waals surface area (Å²) in [6.45, 7) is 6.28. The number of ether oxygens (including phenoxy) is 1. The van der Waals surface area contributed by atoms with Gasteiger partial charge >= 0.3 is 5.97 Å². The van der Waals surface area contributed by atoms with Gasteiger partial charge in [0.1, 0.15) is 6.10 Å². The van der Waals surface area contributed by atoms with Crippen molar-refractivity contribution in [2.45, 2.75) is 264 Å². The third kappa shape index (κ3) is 45.6. The molecule has 6 heteroatoms. The Morgan fingerprint density at radius 3 is 1.42 bits per heavy atom. The van der Waals surface area contributed by atoms with Crippen LogP contribution < -0.4 is 5.32 Å². The summed E-state index contributed by atoms with van der Waals surface area (Å²) in [5.74, 6) is -0.618. The molecule has 0 aliphatic rings. The first kappa shape index (κ1) is 61.0. The lowest BCUT2D eigenvalue weighted by atomic mass is 10.0. The quantitative estimate of drug-likeness (QED) is 0.0245. The van der Waals surface area contributed by atoms with Crippen molar-refractivity contribution in [1.82, 2.24) is 5.32 Å². The van der Waals surface area contributed by atoms with Crippen LogP contribution >= 0.6 is 0 Å². The number of aliphatic hydroxyl groups is 2. The monoisotopic (exact) mass is 892 g/mol. The number of rotatable bonds is 47. The van der Waals surface area contributed by atoms with Crippen molar-refractivity contribution in [3.05, 3.63) is 85.1 Å². The van der Waals surface area contributed by atoms with Gasteiger partial charge in [-0.1, -0.05) is 260 Å². The highest BCUT2D eigenvalue weighted by Gasteiger charge is 2.23. The van der Waals surface area contributed by atoms with Crippen LogP contribution in [-0.2, 0) is 14.3 Å². The molecule has 1 amide bonds. The summed E-state index contributed by atoms with van der Waals surface area (Å²) in [5.41, 5.74) is 0. The SMILES string of the molecule is CC/C=C/C=C/C=C\C=C/C=C/CC(CC(=O)NC(CO)C(O)CCCCCCCCCCCCCCCCCCC)OC(=O)CCCCCCCCC/C=C\C/C=C\CCCCC. The molecule has 0 radical (unpaired) electrons. The Hall–Kier alpha value is -2.96. The Labute approximate surface area is 395 Å². The lowest BCUT2D eigenvalue weighted by Crippen LogP contribution is -2.46. The maximum absolute atomic E-state index is 13.2. The van der Waals surface area contributed by atoms with Gasteiger partial charge in [0.25, 0.3) is 0 Å². The van der Waals surface area contributed by atoms with Gasteiger partial charge in [-0.2, -0.15) is 0 Å². The fraction of sp³-hybridized carbons (Fsp3) is 0.724. The van der Waals surface area contributed by atoms with E-state index in [1.165, 1.54) is 141 Å². The van der Waals surface area contributed by atoms with Crippen molar-refractivity contribution in [3.63, 3.8) is 0 Å². The predicted molar refractivity (Wildman–Crippen MR) is 278 cm³/mol. The molecule has 0 saturated heterocycles. The molecule has 3 atom stereocenters. The van der Waals surface area contributed by atoms with Crippen LogP contribution in [0.4, 0.5) is 0 Å². The zero-order valence-corrected chi connectivity index (χ0v) is 41.9. The van der Waals surface area contributed by atoms with Gasteiger partial charge in [-0.05, 0) is 51.4 Å². The molecular formula is C58H101NO5. The summed E-state index contributed by atoms with van der Waals surface area (Å²) in [7, 11) is 0. The van der Waals surface area contributed by atoms with E-state index >= 15 is 0 Å². The van der Waals surface area contributed by atoms with Crippen molar-refractivity contribution < 1.29 is 24.5 Å². The highest BCUT2D eigenvalue weighted by molar-refractivity contribution is 5.77. The molecule has 0 aromatic heterocycles. The Kier molecular flexibility index (Phi) is 48.7. The number of amides is 1. The fourth-order valence-corrected chi connectivity index (χ4v) is 7.78. The summed E-state index contributed by atoms with van der Waals surface area (Å²) in [5, 5.41) is 23.7. The van der Waals surface area contributed by atoms with E-state index in [0.29, 0.717) is 19.3 Å². The molecule has 0 heterocycles. The number of carbonyl (C=O) groups is 2. The Morgan fingerprint density at radius 2 is 0.922 bits per heavy atom. The first-order chi connectivity index (χ1) is 31.5. The van der Waals surface area contributed by atoms with E-state index in [9.17, 15) is 19.8 Å². The molecule has 0 spiro atoms. The molecule has 0 aliphatic heterocycles. The number of nitrogens with one attached hydrogen (secondary N) is 1. The summed E-state index contributed by atoms with van der Waals surface area (Å²) in [6, 6.07) is -0.745. The van der Waals surface area contributed by atoms with E-state index in [2.05, 4.69) is 56.5 Å². The van der Waals surface area contributed by atoms with Crippen LogP contribution in [0.1, 0.15) is 245 Å². The Bertz CT molecular complexity index is 1230. The third-order valence-electron chi connectivity index (χ3n) is 11.8. The topological polar surface area (TPSA) is 95.9 Å². The maximum atomic E-state index is 13.2. The molecule has 0 aliphatic carbocycles. The first-order valence-corrected chi connectivity index (χ1v) is 26.9. The summed E-state index contributed by atoms with van der Waals surface area (Å²) < 4.78 is 5.84. The van der Waals surface area contributed by atoms with Crippen LogP contribution in [0.25, 0.3) is 0 Å². The van der Waals surface area contributed by atoms with Gasteiger partial charge in [0.15, 0.2) is 0 Å². The molecule has 0 rings (SSSR count). The molecule has 368 valence electrons. The van der Waals surface area contributed by atoms with Crippen molar-refractivity contribution in [1.29, 1.82) is 0 Å². The van der Waals surface area contributed by atoms with Crippen LogP contribution in [0, 0.1) is 0 Å². The lowest BCUT2D eigenvalue weighted by Gasteiger charge is -2.24. The minimum absolute atomic E-state index is 0.0248.